The molecule has 0 radical (unpaired) electrons. The van der Waals surface area contributed by atoms with Crippen LogP contribution >= 0.6 is 0 Å². The fourth-order valence-corrected chi connectivity index (χ4v) is 7.91. The van der Waals surface area contributed by atoms with Crippen LogP contribution in [-0.2, 0) is 40.8 Å². The molecule has 2 fully saturated rings. The molecule has 2 heterocycles. The molecule has 0 spiro atoms. The lowest BCUT2D eigenvalue weighted by molar-refractivity contribution is -0.158. The van der Waals surface area contributed by atoms with Gasteiger partial charge in [-0.05, 0) is 70.4 Å². The number of hydrogen-bond acceptors (Lipinski definition) is 9. The highest BCUT2D eigenvalue weighted by Crippen LogP contribution is 2.29. The fourth-order valence-electron chi connectivity index (χ4n) is 5.32. The van der Waals surface area contributed by atoms with Gasteiger partial charge in [0, 0.05) is 39.1 Å². The molecular formula is C31H39F3N4O9S2. The summed E-state index contributed by atoms with van der Waals surface area (Å²) in [5.41, 5.74) is -4.93. The maximum atomic E-state index is 13.5. The van der Waals surface area contributed by atoms with E-state index >= 15 is 0 Å². The zero-order valence-corrected chi connectivity index (χ0v) is 29.0. The van der Waals surface area contributed by atoms with Crippen molar-refractivity contribution in [1.82, 2.24) is 18.8 Å². The Labute approximate surface area is 283 Å². The van der Waals surface area contributed by atoms with Gasteiger partial charge < -0.3 is 19.7 Å². The number of piperazine rings is 1. The largest absolute Gasteiger partial charge is 0.511 e. The summed E-state index contributed by atoms with van der Waals surface area (Å²) in [7, 11) is -9.50. The number of nitrogens with one attached hydrogen (secondary N) is 1. The van der Waals surface area contributed by atoms with Crippen molar-refractivity contribution in [3.05, 3.63) is 59.7 Å². The average molecular weight is 733 g/mol. The van der Waals surface area contributed by atoms with E-state index in [0.717, 1.165) is 14.8 Å². The Kier molecular flexibility index (Phi) is 11.4. The summed E-state index contributed by atoms with van der Waals surface area (Å²) < 4.78 is 101. The van der Waals surface area contributed by atoms with Gasteiger partial charge >= 0.3 is 27.6 Å². The van der Waals surface area contributed by atoms with E-state index in [1.807, 2.05) is 6.92 Å². The first-order valence-electron chi connectivity index (χ1n) is 15.4. The molecule has 2 aliphatic rings. The summed E-state index contributed by atoms with van der Waals surface area (Å²) in [6.07, 6.45) is -0.243. The number of nitrogens with zero attached hydrogens (tertiary/aromatic N) is 3. The Balaban J connectivity index is 1.42. The van der Waals surface area contributed by atoms with Crippen molar-refractivity contribution in [2.75, 3.05) is 32.7 Å². The topological polar surface area (TPSA) is 160 Å². The monoisotopic (exact) mass is 732 g/mol. The second-order valence-corrected chi connectivity index (χ2v) is 16.6. The predicted molar refractivity (Wildman–Crippen MR) is 170 cm³/mol. The van der Waals surface area contributed by atoms with Gasteiger partial charge in [-0.1, -0.05) is 29.8 Å². The van der Waals surface area contributed by atoms with Gasteiger partial charge in [0.25, 0.3) is 0 Å². The zero-order chi connectivity index (χ0) is 36.4. The van der Waals surface area contributed by atoms with Gasteiger partial charge in [0.15, 0.2) is 0 Å². The van der Waals surface area contributed by atoms with E-state index < -0.39 is 74.3 Å². The summed E-state index contributed by atoms with van der Waals surface area (Å²) in [5.74, 6) is -1.33. The Morgan fingerprint density at radius 1 is 0.898 bits per heavy atom. The zero-order valence-electron chi connectivity index (χ0n) is 27.4. The van der Waals surface area contributed by atoms with E-state index in [0.29, 0.717) is 12.0 Å². The number of carbonyl (C=O) groups is 3. The molecule has 2 amide bonds. The van der Waals surface area contributed by atoms with Crippen LogP contribution in [0.5, 0.6) is 5.75 Å². The number of amides is 2. The first kappa shape index (κ1) is 38.1. The van der Waals surface area contributed by atoms with Crippen molar-refractivity contribution >= 4 is 38.0 Å². The number of ether oxygens (including phenoxy) is 2. The lowest BCUT2D eigenvalue weighted by Crippen LogP contribution is -2.53. The van der Waals surface area contributed by atoms with Crippen molar-refractivity contribution in [3.8, 4) is 5.75 Å². The average Bonchev–Trinajstić information content (AvgIpc) is 3.52. The molecule has 0 saturated carbocycles. The number of benzene rings is 2. The van der Waals surface area contributed by atoms with Gasteiger partial charge in [-0.2, -0.15) is 21.8 Å². The molecule has 4 rings (SSSR count). The van der Waals surface area contributed by atoms with E-state index in [9.17, 15) is 44.4 Å². The predicted octanol–water partition coefficient (Wildman–Crippen LogP) is 3.18. The van der Waals surface area contributed by atoms with Crippen molar-refractivity contribution in [1.29, 1.82) is 0 Å². The third-order valence-corrected chi connectivity index (χ3v) is 11.4. The molecule has 0 aromatic heterocycles. The third kappa shape index (κ3) is 9.29. The van der Waals surface area contributed by atoms with Crippen LogP contribution in [0, 0.1) is 6.92 Å². The molecule has 0 aliphatic carbocycles. The van der Waals surface area contributed by atoms with E-state index in [4.69, 9.17) is 9.47 Å². The van der Waals surface area contributed by atoms with Crippen molar-refractivity contribution in [2.24, 2.45) is 0 Å². The van der Waals surface area contributed by atoms with Gasteiger partial charge in [0.1, 0.15) is 23.4 Å². The number of carbonyl (C=O) groups excluding carboxylic acids is 3. The molecule has 2 aliphatic heterocycles. The molecule has 49 heavy (non-hydrogen) atoms. The van der Waals surface area contributed by atoms with Crippen LogP contribution in [-0.4, -0.2) is 104 Å². The molecule has 18 heteroatoms. The number of aryl methyl sites for hydroxylation is 1. The van der Waals surface area contributed by atoms with Crippen LogP contribution in [0.25, 0.3) is 0 Å². The van der Waals surface area contributed by atoms with Crippen LogP contribution in [0.2, 0.25) is 0 Å². The quantitative estimate of drug-likeness (QED) is 0.382. The number of alkyl halides is 3. The third-order valence-electron chi connectivity index (χ3n) is 7.84. The minimum atomic E-state index is -5.51. The molecule has 2 aromatic carbocycles. The van der Waals surface area contributed by atoms with Gasteiger partial charge in [-0.25, -0.2) is 26.4 Å². The standard InChI is InChI=1S/C31H39F3N4O9S2/c1-21-7-13-24(14-8-21)48(42,43)38-15-5-6-26(38)27(39)35-25(28(40)47-30(2,3)4)20-22-9-11-23(12-10-22)46-29(41)36-16-18-37(19-17-36)49(44,45)31(32,33)34/h7-14,25-26H,5-6,15-20H2,1-4H3,(H,35,39)/t25-,26-/m0/s1. The SMILES string of the molecule is Cc1ccc(S(=O)(=O)N2CCC[C@H]2C(=O)N[C@@H](Cc2ccc(OC(=O)N3CCN(S(=O)(=O)C(F)(F)F)CC3)cc2)C(=O)OC(C)(C)C)cc1. The first-order chi connectivity index (χ1) is 22.7. The highest BCUT2D eigenvalue weighted by molar-refractivity contribution is 7.90. The van der Waals surface area contributed by atoms with E-state index in [-0.39, 0.29) is 47.4 Å². The van der Waals surface area contributed by atoms with E-state index in [2.05, 4.69) is 5.32 Å². The lowest BCUT2D eigenvalue weighted by atomic mass is 10.0. The molecule has 0 bridgehead atoms. The molecular weight excluding hydrogens is 693 g/mol. The Hall–Kier alpha value is -3.74. The Morgan fingerprint density at radius 2 is 1.49 bits per heavy atom. The molecule has 0 unspecified atom stereocenters. The maximum Gasteiger partial charge on any atom is 0.511 e. The summed E-state index contributed by atoms with van der Waals surface area (Å²) in [6, 6.07) is 9.94. The highest BCUT2D eigenvalue weighted by atomic mass is 32.2. The lowest BCUT2D eigenvalue weighted by Gasteiger charge is -2.33. The maximum absolute atomic E-state index is 13.5. The van der Waals surface area contributed by atoms with Gasteiger partial charge in [-0.3, -0.25) is 4.79 Å². The van der Waals surface area contributed by atoms with Gasteiger partial charge in [0.2, 0.25) is 15.9 Å². The number of esters is 1. The number of halogens is 3. The van der Waals surface area contributed by atoms with Crippen LogP contribution < -0.4 is 10.1 Å². The molecule has 2 aromatic rings. The van der Waals surface area contributed by atoms with Crippen molar-refractivity contribution < 1.29 is 53.9 Å². The van der Waals surface area contributed by atoms with Crippen LogP contribution in [0.3, 0.4) is 0 Å². The molecule has 270 valence electrons. The second-order valence-electron chi connectivity index (χ2n) is 12.7. The highest BCUT2D eigenvalue weighted by Gasteiger charge is 2.50. The number of rotatable bonds is 9. The first-order valence-corrected chi connectivity index (χ1v) is 18.3. The van der Waals surface area contributed by atoms with Gasteiger partial charge in [-0.15, -0.1) is 0 Å². The smallest absolute Gasteiger partial charge is 0.458 e. The minimum Gasteiger partial charge on any atom is -0.458 e. The Bertz CT molecular complexity index is 1740. The molecule has 2 saturated heterocycles. The molecule has 1 N–H and O–H groups in total. The Morgan fingerprint density at radius 3 is 2.04 bits per heavy atom. The molecule has 2 atom stereocenters. The summed E-state index contributed by atoms with van der Waals surface area (Å²) in [6.45, 7) is 5.22. The van der Waals surface area contributed by atoms with E-state index in [1.54, 1.807) is 32.9 Å². The van der Waals surface area contributed by atoms with Gasteiger partial charge in [0.05, 0.1) is 4.90 Å². The number of hydrogen-bond donors (Lipinski definition) is 1. The second kappa shape index (κ2) is 14.6. The normalized spacial score (nSPS) is 18.9. The minimum absolute atomic E-state index is 0.0536. The van der Waals surface area contributed by atoms with E-state index in [1.165, 1.54) is 36.4 Å². The van der Waals surface area contributed by atoms with Crippen LogP contribution in [0.4, 0.5) is 18.0 Å². The molecule has 13 nitrogen and oxygen atoms in total. The summed E-state index contributed by atoms with van der Waals surface area (Å²) in [4.78, 5) is 40.5. The number of sulfonamides is 2. The summed E-state index contributed by atoms with van der Waals surface area (Å²) in [5, 5.41) is 2.68. The summed E-state index contributed by atoms with van der Waals surface area (Å²) >= 11 is 0. The van der Waals surface area contributed by atoms with Crippen LogP contribution in [0.15, 0.2) is 53.4 Å². The fraction of sp³-hybridized carbons (Fsp3) is 0.516. The van der Waals surface area contributed by atoms with Crippen molar-refractivity contribution in [2.45, 2.75) is 75.0 Å². The van der Waals surface area contributed by atoms with Crippen molar-refractivity contribution in [3.63, 3.8) is 0 Å². The van der Waals surface area contributed by atoms with Crippen LogP contribution in [0.1, 0.15) is 44.7 Å².